The van der Waals surface area contributed by atoms with Crippen LogP contribution in [0.5, 0.6) is 0 Å². The van der Waals surface area contributed by atoms with Gasteiger partial charge in [-0.2, -0.15) is 0 Å². The van der Waals surface area contributed by atoms with Gasteiger partial charge in [-0.1, -0.05) is 24.2 Å². The van der Waals surface area contributed by atoms with E-state index in [0.717, 1.165) is 62.6 Å². The minimum atomic E-state index is -0.0662. The summed E-state index contributed by atoms with van der Waals surface area (Å²) >= 11 is 1.55. The molecule has 0 spiro atoms. The Labute approximate surface area is 175 Å². The van der Waals surface area contributed by atoms with Crippen LogP contribution in [0.2, 0.25) is 0 Å². The molecule has 2 aliphatic heterocycles. The number of anilines is 1. The molecule has 0 aliphatic carbocycles. The van der Waals surface area contributed by atoms with Gasteiger partial charge in [-0.25, -0.2) is 0 Å². The molecule has 1 N–H and O–H groups in total. The molecular formula is C20H30N6O2S. The Balaban J connectivity index is 1.32. The average molecular weight is 419 g/mol. The highest BCUT2D eigenvalue weighted by Crippen LogP contribution is 2.26. The molecule has 2 aromatic rings. The van der Waals surface area contributed by atoms with Crippen LogP contribution in [0.15, 0.2) is 18.3 Å². The molecule has 4 heterocycles. The second kappa shape index (κ2) is 10.2. The van der Waals surface area contributed by atoms with Crippen LogP contribution >= 0.6 is 11.3 Å². The van der Waals surface area contributed by atoms with E-state index in [4.69, 9.17) is 4.74 Å². The van der Waals surface area contributed by atoms with Crippen molar-refractivity contribution in [3.8, 4) is 5.13 Å². The minimum absolute atomic E-state index is 0.0662. The molecule has 0 radical (unpaired) electrons. The van der Waals surface area contributed by atoms with Crippen molar-refractivity contribution >= 4 is 22.4 Å². The first-order valence-electron chi connectivity index (χ1n) is 10.7. The zero-order chi connectivity index (χ0) is 19.9. The molecule has 0 atom stereocenters. The van der Waals surface area contributed by atoms with E-state index in [1.54, 1.807) is 11.3 Å². The number of carbonyl (C=O) groups excluding carboxylic acids is 1. The SMILES string of the molecule is O=C(NCCCN1CCOCC1)c1cccn1-c1nnc(N2CCCCCC2)s1. The first-order valence-corrected chi connectivity index (χ1v) is 11.5. The standard InChI is InChI=1S/C20H30N6O2S/c27-18(21-8-6-9-24-13-15-28-16-14-24)17-7-5-12-26(17)20-23-22-19(29-20)25-10-3-1-2-4-11-25/h5,7,12H,1-4,6,8-11,13-16H2,(H,21,27). The summed E-state index contributed by atoms with van der Waals surface area (Å²) < 4.78 is 7.21. The van der Waals surface area contributed by atoms with Gasteiger partial charge in [0, 0.05) is 38.9 Å². The Morgan fingerprint density at radius 2 is 1.83 bits per heavy atom. The third-order valence-corrected chi connectivity index (χ3v) is 6.49. The van der Waals surface area contributed by atoms with E-state index in [9.17, 15) is 4.79 Å². The molecule has 2 aromatic heterocycles. The fourth-order valence-electron chi connectivity index (χ4n) is 3.85. The molecule has 2 fully saturated rings. The fraction of sp³-hybridized carbons (Fsp3) is 0.650. The van der Waals surface area contributed by atoms with E-state index in [1.165, 1.54) is 25.7 Å². The summed E-state index contributed by atoms with van der Waals surface area (Å²) in [5, 5.41) is 13.5. The van der Waals surface area contributed by atoms with Gasteiger partial charge in [0.2, 0.25) is 10.3 Å². The highest BCUT2D eigenvalue weighted by molar-refractivity contribution is 7.17. The summed E-state index contributed by atoms with van der Waals surface area (Å²) in [6.07, 6.45) is 7.80. The maximum absolute atomic E-state index is 12.7. The summed E-state index contributed by atoms with van der Waals surface area (Å²) in [6, 6.07) is 3.72. The quantitative estimate of drug-likeness (QED) is 0.695. The van der Waals surface area contributed by atoms with Gasteiger partial charge in [0.1, 0.15) is 5.69 Å². The molecule has 0 bridgehead atoms. The minimum Gasteiger partial charge on any atom is -0.379 e. The van der Waals surface area contributed by atoms with Crippen LogP contribution in [0.25, 0.3) is 5.13 Å². The molecule has 0 saturated carbocycles. The average Bonchev–Trinajstić information content (AvgIpc) is 3.35. The molecule has 2 saturated heterocycles. The number of aromatic nitrogens is 3. The number of morpholine rings is 1. The van der Waals surface area contributed by atoms with Crippen molar-refractivity contribution in [1.29, 1.82) is 0 Å². The summed E-state index contributed by atoms with van der Waals surface area (Å²) in [5.74, 6) is -0.0662. The van der Waals surface area contributed by atoms with Gasteiger partial charge in [0.25, 0.3) is 5.91 Å². The molecule has 2 aliphatic rings. The predicted octanol–water partition coefficient (Wildman–Crippen LogP) is 2.16. The monoisotopic (exact) mass is 418 g/mol. The molecule has 9 heteroatoms. The molecular weight excluding hydrogens is 388 g/mol. The Morgan fingerprint density at radius 1 is 1.07 bits per heavy atom. The highest BCUT2D eigenvalue weighted by atomic mass is 32.1. The normalized spacial score (nSPS) is 18.6. The number of nitrogens with zero attached hydrogens (tertiary/aromatic N) is 5. The van der Waals surface area contributed by atoms with Crippen molar-refractivity contribution in [1.82, 2.24) is 25.0 Å². The van der Waals surface area contributed by atoms with Crippen molar-refractivity contribution < 1.29 is 9.53 Å². The lowest BCUT2D eigenvalue weighted by Gasteiger charge is -2.26. The molecule has 0 unspecified atom stereocenters. The van der Waals surface area contributed by atoms with Gasteiger partial charge >= 0.3 is 0 Å². The molecule has 1 amide bonds. The smallest absolute Gasteiger partial charge is 0.268 e. The van der Waals surface area contributed by atoms with E-state index in [-0.39, 0.29) is 5.91 Å². The Bertz CT molecular complexity index is 778. The van der Waals surface area contributed by atoms with E-state index in [2.05, 4.69) is 25.3 Å². The maximum atomic E-state index is 12.7. The topological polar surface area (TPSA) is 75.5 Å². The van der Waals surface area contributed by atoms with E-state index >= 15 is 0 Å². The van der Waals surface area contributed by atoms with Gasteiger partial charge in [0.05, 0.1) is 13.2 Å². The third kappa shape index (κ3) is 5.34. The van der Waals surface area contributed by atoms with E-state index < -0.39 is 0 Å². The number of amides is 1. The summed E-state index contributed by atoms with van der Waals surface area (Å²) in [6.45, 7) is 7.30. The lowest BCUT2D eigenvalue weighted by molar-refractivity contribution is 0.0374. The van der Waals surface area contributed by atoms with Gasteiger partial charge in [-0.15, -0.1) is 10.2 Å². The van der Waals surface area contributed by atoms with Crippen LogP contribution in [0.4, 0.5) is 5.13 Å². The van der Waals surface area contributed by atoms with Crippen LogP contribution in [0.1, 0.15) is 42.6 Å². The number of nitrogens with one attached hydrogen (secondary N) is 1. The van der Waals surface area contributed by atoms with Crippen molar-refractivity contribution in [2.75, 3.05) is 57.4 Å². The Kier molecular flexibility index (Phi) is 7.13. The van der Waals surface area contributed by atoms with Crippen LogP contribution in [-0.4, -0.2) is 78.1 Å². The first kappa shape index (κ1) is 20.3. The van der Waals surface area contributed by atoms with Crippen molar-refractivity contribution in [3.63, 3.8) is 0 Å². The third-order valence-electron chi connectivity index (χ3n) is 5.51. The summed E-state index contributed by atoms with van der Waals surface area (Å²) in [7, 11) is 0. The van der Waals surface area contributed by atoms with E-state index in [0.29, 0.717) is 12.2 Å². The van der Waals surface area contributed by atoms with Crippen LogP contribution in [0, 0.1) is 0 Å². The number of ether oxygens (including phenoxy) is 1. The first-order chi connectivity index (χ1) is 14.3. The molecule has 29 heavy (non-hydrogen) atoms. The predicted molar refractivity (Wildman–Crippen MR) is 114 cm³/mol. The molecule has 0 aromatic carbocycles. The number of carbonyl (C=O) groups is 1. The summed E-state index contributed by atoms with van der Waals surface area (Å²) in [5.41, 5.74) is 0.606. The lowest BCUT2D eigenvalue weighted by atomic mass is 10.2. The maximum Gasteiger partial charge on any atom is 0.268 e. The zero-order valence-corrected chi connectivity index (χ0v) is 17.7. The van der Waals surface area contributed by atoms with Gasteiger partial charge in [-0.3, -0.25) is 14.3 Å². The number of hydrogen-bond acceptors (Lipinski definition) is 7. The van der Waals surface area contributed by atoms with Crippen LogP contribution in [-0.2, 0) is 4.74 Å². The van der Waals surface area contributed by atoms with Crippen molar-refractivity contribution in [3.05, 3.63) is 24.0 Å². The number of rotatable bonds is 7. The lowest BCUT2D eigenvalue weighted by Crippen LogP contribution is -2.38. The number of hydrogen-bond donors (Lipinski definition) is 1. The molecule has 4 rings (SSSR count). The van der Waals surface area contributed by atoms with Gasteiger partial charge in [-0.05, 0) is 37.9 Å². The zero-order valence-electron chi connectivity index (χ0n) is 16.9. The van der Waals surface area contributed by atoms with Gasteiger partial charge in [0.15, 0.2) is 0 Å². The molecule has 158 valence electrons. The van der Waals surface area contributed by atoms with Crippen molar-refractivity contribution in [2.24, 2.45) is 0 Å². The Morgan fingerprint density at radius 3 is 2.62 bits per heavy atom. The van der Waals surface area contributed by atoms with Gasteiger partial charge < -0.3 is 15.0 Å². The largest absolute Gasteiger partial charge is 0.379 e. The van der Waals surface area contributed by atoms with E-state index in [1.807, 2.05) is 22.9 Å². The van der Waals surface area contributed by atoms with Crippen LogP contribution < -0.4 is 10.2 Å². The van der Waals surface area contributed by atoms with Crippen LogP contribution in [0.3, 0.4) is 0 Å². The van der Waals surface area contributed by atoms with Crippen molar-refractivity contribution in [2.45, 2.75) is 32.1 Å². The summed E-state index contributed by atoms with van der Waals surface area (Å²) in [4.78, 5) is 17.4. The second-order valence-corrected chi connectivity index (χ2v) is 8.53. The fourth-order valence-corrected chi connectivity index (χ4v) is 4.74. The molecule has 8 nitrogen and oxygen atoms in total. The highest BCUT2D eigenvalue weighted by Gasteiger charge is 2.18. The Hall–Kier alpha value is -1.97. The second-order valence-electron chi connectivity index (χ2n) is 7.60.